The fourth-order valence-corrected chi connectivity index (χ4v) is 4.59. The highest BCUT2D eigenvalue weighted by Crippen LogP contribution is 2.17. The topological polar surface area (TPSA) is 73.9 Å². The normalized spacial score (nSPS) is 18.7. The SMILES string of the molecule is CC(CN1CCOCC1)N(Cc1ccccc1)C(=O)CCCNC(=O)NC1CCCCC1. The Balaban J connectivity index is 1.45. The summed E-state index contributed by atoms with van der Waals surface area (Å²) in [5.74, 6) is 0.143. The van der Waals surface area contributed by atoms with E-state index in [0.29, 0.717) is 32.0 Å². The minimum atomic E-state index is -0.105. The van der Waals surface area contributed by atoms with Crippen LogP contribution in [0.2, 0.25) is 0 Å². The Kier molecular flexibility index (Phi) is 10.3. The highest BCUT2D eigenvalue weighted by molar-refractivity contribution is 5.77. The lowest BCUT2D eigenvalue weighted by Gasteiger charge is -2.35. The lowest BCUT2D eigenvalue weighted by atomic mass is 9.96. The molecule has 1 unspecified atom stereocenters. The van der Waals surface area contributed by atoms with E-state index in [1.807, 2.05) is 23.1 Å². The lowest BCUT2D eigenvalue weighted by Crippen LogP contribution is -2.48. The van der Waals surface area contributed by atoms with Gasteiger partial charge < -0.3 is 20.3 Å². The number of nitrogens with zero attached hydrogens (tertiary/aromatic N) is 2. The first-order valence-corrected chi connectivity index (χ1v) is 12.3. The molecule has 1 heterocycles. The van der Waals surface area contributed by atoms with Gasteiger partial charge in [0.1, 0.15) is 0 Å². The maximum absolute atomic E-state index is 13.1. The van der Waals surface area contributed by atoms with Crippen molar-refractivity contribution in [3.05, 3.63) is 35.9 Å². The van der Waals surface area contributed by atoms with Crippen molar-refractivity contribution in [2.24, 2.45) is 0 Å². The van der Waals surface area contributed by atoms with Crippen LogP contribution >= 0.6 is 0 Å². The Morgan fingerprint density at radius 1 is 1.12 bits per heavy atom. The first kappa shape index (κ1) is 24.5. The van der Waals surface area contributed by atoms with Crippen molar-refractivity contribution in [2.75, 3.05) is 39.4 Å². The standard InChI is InChI=1S/C25H40N4O3/c1-21(19-28-15-17-32-18-16-28)29(20-22-9-4-2-5-10-22)24(30)13-8-14-26-25(31)27-23-11-6-3-7-12-23/h2,4-5,9-10,21,23H,3,6-8,11-20H2,1H3,(H2,26,27,31). The molecule has 1 aliphatic heterocycles. The molecule has 1 saturated heterocycles. The van der Waals surface area contributed by atoms with Crippen molar-refractivity contribution in [2.45, 2.75) is 70.5 Å². The highest BCUT2D eigenvalue weighted by Gasteiger charge is 2.23. The Labute approximate surface area is 192 Å². The van der Waals surface area contributed by atoms with Crippen LogP contribution in [0, 0.1) is 0 Å². The molecule has 7 nitrogen and oxygen atoms in total. The molecule has 0 spiro atoms. The number of amides is 3. The smallest absolute Gasteiger partial charge is 0.315 e. The number of nitrogens with one attached hydrogen (secondary N) is 2. The third-order valence-electron chi connectivity index (χ3n) is 6.47. The number of hydrogen-bond acceptors (Lipinski definition) is 4. The monoisotopic (exact) mass is 444 g/mol. The van der Waals surface area contributed by atoms with Crippen LogP contribution in [0.4, 0.5) is 4.79 Å². The van der Waals surface area contributed by atoms with Gasteiger partial charge in [-0.3, -0.25) is 9.69 Å². The Bertz CT molecular complexity index is 688. The number of benzene rings is 1. The molecule has 1 saturated carbocycles. The summed E-state index contributed by atoms with van der Waals surface area (Å²) in [6, 6.07) is 10.5. The van der Waals surface area contributed by atoms with Gasteiger partial charge in [-0.15, -0.1) is 0 Å². The van der Waals surface area contributed by atoms with E-state index in [4.69, 9.17) is 4.74 Å². The second-order valence-electron chi connectivity index (χ2n) is 9.11. The zero-order valence-corrected chi connectivity index (χ0v) is 19.6. The number of carbonyl (C=O) groups excluding carboxylic acids is 2. The summed E-state index contributed by atoms with van der Waals surface area (Å²) in [4.78, 5) is 29.6. The third-order valence-corrected chi connectivity index (χ3v) is 6.47. The van der Waals surface area contributed by atoms with E-state index >= 15 is 0 Å². The van der Waals surface area contributed by atoms with Crippen LogP contribution in [0.5, 0.6) is 0 Å². The van der Waals surface area contributed by atoms with Gasteiger partial charge >= 0.3 is 6.03 Å². The maximum Gasteiger partial charge on any atom is 0.315 e. The van der Waals surface area contributed by atoms with E-state index < -0.39 is 0 Å². The summed E-state index contributed by atoms with van der Waals surface area (Å²) in [6.45, 7) is 7.45. The summed E-state index contributed by atoms with van der Waals surface area (Å²) in [5, 5.41) is 5.99. The molecular formula is C25H40N4O3. The van der Waals surface area contributed by atoms with E-state index in [1.165, 1.54) is 19.3 Å². The van der Waals surface area contributed by atoms with Crippen LogP contribution in [-0.2, 0) is 16.1 Å². The molecule has 0 aromatic heterocycles. The molecule has 0 radical (unpaired) electrons. The quantitative estimate of drug-likeness (QED) is 0.544. The summed E-state index contributed by atoms with van der Waals surface area (Å²) in [6.07, 6.45) is 6.88. The molecule has 2 N–H and O–H groups in total. The number of morpholine rings is 1. The molecule has 3 amide bonds. The molecule has 7 heteroatoms. The number of carbonyl (C=O) groups is 2. The largest absolute Gasteiger partial charge is 0.379 e. The van der Waals surface area contributed by atoms with Gasteiger partial charge in [0.05, 0.1) is 13.2 Å². The predicted molar refractivity (Wildman–Crippen MR) is 126 cm³/mol. The predicted octanol–water partition coefficient (Wildman–Crippen LogP) is 3.15. The molecule has 2 aliphatic rings. The summed E-state index contributed by atoms with van der Waals surface area (Å²) in [7, 11) is 0. The zero-order chi connectivity index (χ0) is 22.6. The van der Waals surface area contributed by atoms with E-state index in [2.05, 4.69) is 34.6 Å². The van der Waals surface area contributed by atoms with Crippen LogP contribution in [0.1, 0.15) is 57.4 Å². The van der Waals surface area contributed by atoms with Crippen LogP contribution in [0.3, 0.4) is 0 Å². The van der Waals surface area contributed by atoms with E-state index in [9.17, 15) is 9.59 Å². The van der Waals surface area contributed by atoms with Crippen molar-refractivity contribution in [1.82, 2.24) is 20.4 Å². The Hall–Kier alpha value is -2.12. The van der Waals surface area contributed by atoms with Crippen molar-refractivity contribution >= 4 is 11.9 Å². The van der Waals surface area contributed by atoms with Crippen LogP contribution in [-0.4, -0.2) is 73.2 Å². The van der Waals surface area contributed by atoms with Gasteiger partial charge in [-0.1, -0.05) is 49.6 Å². The summed E-state index contributed by atoms with van der Waals surface area (Å²) in [5.41, 5.74) is 1.14. The molecule has 1 aliphatic carbocycles. The Morgan fingerprint density at radius 3 is 2.56 bits per heavy atom. The summed E-state index contributed by atoms with van der Waals surface area (Å²) < 4.78 is 5.46. The molecule has 178 valence electrons. The minimum Gasteiger partial charge on any atom is -0.379 e. The van der Waals surface area contributed by atoms with Gasteiger partial charge in [0, 0.05) is 51.2 Å². The number of urea groups is 1. The number of rotatable bonds is 10. The first-order chi connectivity index (χ1) is 15.6. The van der Waals surface area contributed by atoms with Gasteiger partial charge in [0.15, 0.2) is 0 Å². The molecule has 1 atom stereocenters. The molecule has 1 aromatic carbocycles. The van der Waals surface area contributed by atoms with Gasteiger partial charge in [-0.25, -0.2) is 4.79 Å². The van der Waals surface area contributed by atoms with Gasteiger partial charge in [-0.05, 0) is 31.7 Å². The fourth-order valence-electron chi connectivity index (χ4n) is 4.59. The molecular weight excluding hydrogens is 404 g/mol. The van der Waals surface area contributed by atoms with Crippen molar-refractivity contribution < 1.29 is 14.3 Å². The van der Waals surface area contributed by atoms with Gasteiger partial charge in [-0.2, -0.15) is 0 Å². The second-order valence-corrected chi connectivity index (χ2v) is 9.11. The minimum absolute atomic E-state index is 0.105. The molecule has 3 rings (SSSR count). The molecule has 2 fully saturated rings. The van der Waals surface area contributed by atoms with Crippen molar-refractivity contribution in [1.29, 1.82) is 0 Å². The molecule has 1 aromatic rings. The van der Waals surface area contributed by atoms with Crippen molar-refractivity contribution in [3.8, 4) is 0 Å². The average molecular weight is 445 g/mol. The van der Waals surface area contributed by atoms with Crippen LogP contribution in [0.15, 0.2) is 30.3 Å². The van der Waals surface area contributed by atoms with Crippen molar-refractivity contribution in [3.63, 3.8) is 0 Å². The number of hydrogen-bond donors (Lipinski definition) is 2. The average Bonchev–Trinajstić information content (AvgIpc) is 2.82. The third kappa shape index (κ3) is 8.43. The van der Waals surface area contributed by atoms with Gasteiger partial charge in [0.2, 0.25) is 5.91 Å². The number of ether oxygens (including phenoxy) is 1. The second kappa shape index (κ2) is 13.4. The molecule has 32 heavy (non-hydrogen) atoms. The lowest BCUT2D eigenvalue weighted by molar-refractivity contribution is -0.134. The van der Waals surface area contributed by atoms with E-state index in [0.717, 1.165) is 51.3 Å². The highest BCUT2D eigenvalue weighted by atomic mass is 16.5. The van der Waals surface area contributed by atoms with Crippen LogP contribution < -0.4 is 10.6 Å². The van der Waals surface area contributed by atoms with Crippen LogP contribution in [0.25, 0.3) is 0 Å². The maximum atomic E-state index is 13.1. The van der Waals surface area contributed by atoms with E-state index in [-0.39, 0.29) is 18.0 Å². The molecule has 0 bridgehead atoms. The Morgan fingerprint density at radius 2 is 1.84 bits per heavy atom. The first-order valence-electron chi connectivity index (χ1n) is 12.3. The fraction of sp³-hybridized carbons (Fsp3) is 0.680. The van der Waals surface area contributed by atoms with E-state index in [1.54, 1.807) is 0 Å². The zero-order valence-electron chi connectivity index (χ0n) is 19.6. The van der Waals surface area contributed by atoms with Gasteiger partial charge in [0.25, 0.3) is 0 Å². The summed E-state index contributed by atoms with van der Waals surface area (Å²) >= 11 is 0.